The first-order valence-corrected chi connectivity index (χ1v) is 7.67. The van der Waals surface area contributed by atoms with Crippen LogP contribution in [0, 0.1) is 0 Å². The van der Waals surface area contributed by atoms with Gasteiger partial charge in [0.1, 0.15) is 12.4 Å². The first-order valence-electron chi connectivity index (χ1n) is 7.67. The normalized spacial score (nSPS) is 14.0. The Morgan fingerprint density at radius 3 is 2.65 bits per heavy atom. The van der Waals surface area contributed by atoms with Gasteiger partial charge in [-0.15, -0.1) is 0 Å². The molecule has 3 rings (SSSR count). The van der Waals surface area contributed by atoms with Gasteiger partial charge in [0.25, 0.3) is 5.91 Å². The van der Waals surface area contributed by atoms with Crippen molar-refractivity contribution in [3.05, 3.63) is 59.2 Å². The van der Waals surface area contributed by atoms with E-state index in [-0.39, 0.29) is 24.4 Å². The van der Waals surface area contributed by atoms with Crippen LogP contribution in [0.2, 0.25) is 0 Å². The molecule has 0 aromatic heterocycles. The SMILES string of the molecule is O=C(CO)c1ccc2c(c1)N(Cc1cccc(C(F)(F)F)c1)C(=O)CO2. The first-order chi connectivity index (χ1) is 12.3. The Kier molecular flexibility index (Phi) is 4.69. The number of carbonyl (C=O) groups is 2. The van der Waals surface area contributed by atoms with Crippen LogP contribution in [0.5, 0.6) is 5.75 Å². The zero-order chi connectivity index (χ0) is 18.9. The third-order valence-corrected chi connectivity index (χ3v) is 3.96. The summed E-state index contributed by atoms with van der Waals surface area (Å²) in [6.45, 7) is -1.05. The summed E-state index contributed by atoms with van der Waals surface area (Å²) < 4.78 is 43.9. The number of amides is 1. The van der Waals surface area contributed by atoms with Crippen LogP contribution in [0.25, 0.3) is 0 Å². The van der Waals surface area contributed by atoms with E-state index < -0.39 is 30.0 Å². The molecule has 5 nitrogen and oxygen atoms in total. The van der Waals surface area contributed by atoms with Gasteiger partial charge in [0.2, 0.25) is 0 Å². The van der Waals surface area contributed by atoms with E-state index in [1.807, 2.05) is 0 Å². The molecular weight excluding hydrogens is 351 g/mol. The van der Waals surface area contributed by atoms with Crippen molar-refractivity contribution >= 4 is 17.4 Å². The summed E-state index contributed by atoms with van der Waals surface area (Å²) in [5.41, 5.74) is -0.0587. The summed E-state index contributed by atoms with van der Waals surface area (Å²) in [5, 5.41) is 8.98. The number of aliphatic hydroxyl groups excluding tert-OH is 1. The Bertz CT molecular complexity index is 864. The molecule has 26 heavy (non-hydrogen) atoms. The van der Waals surface area contributed by atoms with Crippen LogP contribution >= 0.6 is 0 Å². The minimum atomic E-state index is -4.48. The Hall–Kier alpha value is -2.87. The monoisotopic (exact) mass is 365 g/mol. The second kappa shape index (κ2) is 6.80. The number of ether oxygens (including phenoxy) is 1. The number of carbonyl (C=O) groups excluding carboxylic acids is 2. The molecular formula is C18H14F3NO4. The minimum absolute atomic E-state index is 0.101. The fourth-order valence-electron chi connectivity index (χ4n) is 2.67. The number of Topliss-reactive ketones (excluding diaryl/α,β-unsaturated/α-hetero) is 1. The molecule has 0 radical (unpaired) electrons. The summed E-state index contributed by atoms with van der Waals surface area (Å²) in [6.07, 6.45) is -4.48. The van der Waals surface area contributed by atoms with Gasteiger partial charge in [-0.3, -0.25) is 9.59 Å². The van der Waals surface area contributed by atoms with Gasteiger partial charge in [-0.25, -0.2) is 0 Å². The third kappa shape index (κ3) is 3.55. The molecule has 1 aliphatic rings. The molecule has 0 unspecified atom stereocenters. The standard InChI is InChI=1S/C18H14F3NO4/c19-18(20,21)13-3-1-2-11(6-13)8-22-14-7-12(15(24)9-23)4-5-16(14)26-10-17(22)25/h1-7,23H,8-10H2. The van der Waals surface area contributed by atoms with E-state index in [1.54, 1.807) is 0 Å². The highest BCUT2D eigenvalue weighted by molar-refractivity contribution is 6.02. The summed E-state index contributed by atoms with van der Waals surface area (Å²) >= 11 is 0. The molecule has 0 bridgehead atoms. The molecule has 0 spiro atoms. The van der Waals surface area contributed by atoms with Crippen molar-refractivity contribution in [2.45, 2.75) is 12.7 Å². The zero-order valence-corrected chi connectivity index (χ0v) is 13.4. The number of anilines is 1. The topological polar surface area (TPSA) is 66.8 Å². The third-order valence-electron chi connectivity index (χ3n) is 3.96. The number of benzene rings is 2. The molecule has 0 atom stereocenters. The van der Waals surface area contributed by atoms with Gasteiger partial charge in [0, 0.05) is 5.56 Å². The largest absolute Gasteiger partial charge is 0.482 e. The van der Waals surface area contributed by atoms with Crippen LogP contribution in [0.4, 0.5) is 18.9 Å². The maximum atomic E-state index is 12.9. The first kappa shape index (κ1) is 17.9. The van der Waals surface area contributed by atoms with E-state index in [0.29, 0.717) is 11.3 Å². The van der Waals surface area contributed by atoms with Gasteiger partial charge in [-0.05, 0) is 35.9 Å². The van der Waals surface area contributed by atoms with E-state index in [4.69, 9.17) is 9.84 Å². The number of ketones is 1. The Morgan fingerprint density at radius 1 is 1.19 bits per heavy atom. The van der Waals surface area contributed by atoms with Crippen molar-refractivity contribution in [2.24, 2.45) is 0 Å². The average molecular weight is 365 g/mol. The molecule has 1 heterocycles. The molecule has 0 saturated heterocycles. The Balaban J connectivity index is 1.96. The van der Waals surface area contributed by atoms with Gasteiger partial charge in [0.15, 0.2) is 12.4 Å². The molecule has 0 saturated carbocycles. The Labute approximate surface area is 146 Å². The van der Waals surface area contributed by atoms with E-state index >= 15 is 0 Å². The second-order valence-corrected chi connectivity index (χ2v) is 5.73. The molecule has 1 N–H and O–H groups in total. The highest BCUT2D eigenvalue weighted by atomic mass is 19.4. The van der Waals surface area contributed by atoms with Crippen LogP contribution < -0.4 is 9.64 Å². The van der Waals surface area contributed by atoms with Crippen molar-refractivity contribution < 1.29 is 32.6 Å². The number of halogens is 3. The van der Waals surface area contributed by atoms with Crippen LogP contribution in [-0.2, 0) is 17.5 Å². The van der Waals surface area contributed by atoms with Crippen molar-refractivity contribution in [3.8, 4) is 5.75 Å². The number of rotatable bonds is 4. The van der Waals surface area contributed by atoms with Gasteiger partial charge < -0.3 is 14.7 Å². The molecule has 0 fully saturated rings. The maximum absolute atomic E-state index is 12.9. The minimum Gasteiger partial charge on any atom is -0.482 e. The van der Waals surface area contributed by atoms with Crippen LogP contribution in [-0.4, -0.2) is 30.0 Å². The maximum Gasteiger partial charge on any atom is 0.416 e. The molecule has 1 amide bonds. The predicted octanol–water partition coefficient (Wildman–Crippen LogP) is 2.81. The van der Waals surface area contributed by atoms with Gasteiger partial charge in [0.05, 0.1) is 17.8 Å². The van der Waals surface area contributed by atoms with E-state index in [2.05, 4.69) is 0 Å². The summed E-state index contributed by atoms with van der Waals surface area (Å²) in [6, 6.07) is 9.02. The molecule has 2 aromatic carbocycles. The zero-order valence-electron chi connectivity index (χ0n) is 13.4. The lowest BCUT2D eigenvalue weighted by atomic mass is 10.1. The number of hydrogen-bond donors (Lipinski definition) is 1. The van der Waals surface area contributed by atoms with Crippen molar-refractivity contribution in [1.82, 2.24) is 0 Å². The van der Waals surface area contributed by atoms with E-state index in [0.717, 1.165) is 12.1 Å². The smallest absolute Gasteiger partial charge is 0.416 e. The van der Waals surface area contributed by atoms with Crippen molar-refractivity contribution in [1.29, 1.82) is 0 Å². The molecule has 2 aromatic rings. The highest BCUT2D eigenvalue weighted by Crippen LogP contribution is 2.35. The molecule has 8 heteroatoms. The lowest BCUT2D eigenvalue weighted by Gasteiger charge is -2.30. The van der Waals surface area contributed by atoms with E-state index in [1.165, 1.54) is 35.2 Å². The van der Waals surface area contributed by atoms with Crippen LogP contribution in [0.1, 0.15) is 21.5 Å². The number of hydrogen-bond acceptors (Lipinski definition) is 4. The molecule has 1 aliphatic heterocycles. The lowest BCUT2D eigenvalue weighted by Crippen LogP contribution is -2.38. The Morgan fingerprint density at radius 2 is 1.96 bits per heavy atom. The summed E-state index contributed by atoms with van der Waals surface area (Å²) in [5.74, 6) is -0.639. The number of aliphatic hydroxyl groups is 1. The second-order valence-electron chi connectivity index (χ2n) is 5.73. The predicted molar refractivity (Wildman–Crippen MR) is 86.0 cm³/mol. The molecule has 136 valence electrons. The summed E-state index contributed by atoms with van der Waals surface area (Å²) in [7, 11) is 0. The fourth-order valence-corrected chi connectivity index (χ4v) is 2.67. The number of nitrogens with zero attached hydrogens (tertiary/aromatic N) is 1. The summed E-state index contributed by atoms with van der Waals surface area (Å²) in [4.78, 5) is 25.2. The van der Waals surface area contributed by atoms with Crippen LogP contribution in [0.15, 0.2) is 42.5 Å². The van der Waals surface area contributed by atoms with Crippen molar-refractivity contribution in [2.75, 3.05) is 18.1 Å². The lowest BCUT2D eigenvalue weighted by molar-refractivity contribution is -0.137. The van der Waals surface area contributed by atoms with Gasteiger partial charge >= 0.3 is 6.18 Å². The fraction of sp³-hybridized carbons (Fsp3) is 0.222. The average Bonchev–Trinajstić information content (AvgIpc) is 2.62. The number of alkyl halides is 3. The highest BCUT2D eigenvalue weighted by Gasteiger charge is 2.31. The van der Waals surface area contributed by atoms with E-state index in [9.17, 15) is 22.8 Å². The van der Waals surface area contributed by atoms with Crippen LogP contribution in [0.3, 0.4) is 0 Å². The quantitative estimate of drug-likeness (QED) is 0.847. The number of fused-ring (bicyclic) bond motifs is 1. The molecule has 0 aliphatic carbocycles. The van der Waals surface area contributed by atoms with Gasteiger partial charge in [-0.1, -0.05) is 12.1 Å². The van der Waals surface area contributed by atoms with Crippen molar-refractivity contribution in [3.63, 3.8) is 0 Å². The van der Waals surface area contributed by atoms with Gasteiger partial charge in [-0.2, -0.15) is 13.2 Å².